The van der Waals surface area contributed by atoms with E-state index in [1.54, 1.807) is 0 Å². The van der Waals surface area contributed by atoms with Gasteiger partial charge in [0.1, 0.15) is 5.78 Å². The second-order valence-electron chi connectivity index (χ2n) is 1.61. The van der Waals surface area contributed by atoms with Gasteiger partial charge in [-0.25, -0.2) is 0 Å². The van der Waals surface area contributed by atoms with Gasteiger partial charge in [-0.05, 0) is 12.2 Å². The van der Waals surface area contributed by atoms with E-state index >= 15 is 0 Å². The molecule has 1 atom stereocenters. The van der Waals surface area contributed by atoms with E-state index in [1.165, 1.54) is 0 Å². The van der Waals surface area contributed by atoms with Crippen LogP contribution in [0.5, 0.6) is 0 Å². The van der Waals surface area contributed by atoms with Gasteiger partial charge in [-0.3, -0.25) is 0 Å². The number of rotatable bonds is 0. The Morgan fingerprint density at radius 1 is 1.83 bits per heavy atom. The number of carbonyl (C=O) groups excluding carboxylic acids is 1. The number of carbonyl (C=O) groups is 1. The van der Waals surface area contributed by atoms with Crippen molar-refractivity contribution in [2.75, 3.05) is 0 Å². The molecule has 0 amide bonds. The fourth-order valence-electron chi connectivity index (χ4n) is 0.429. The van der Waals surface area contributed by atoms with Crippen LogP contribution in [0.4, 0.5) is 0 Å². The van der Waals surface area contributed by atoms with Crippen molar-refractivity contribution in [1.82, 2.24) is 0 Å². The molecule has 0 saturated heterocycles. The predicted molar refractivity (Wildman–Crippen MR) is 23.7 cm³/mol. The lowest BCUT2D eigenvalue weighted by atomic mass is 9.70. The molecule has 0 heterocycles. The van der Waals surface area contributed by atoms with E-state index in [0.717, 1.165) is 6.42 Å². The van der Waals surface area contributed by atoms with Gasteiger partial charge in [-0.1, -0.05) is 0 Å². The van der Waals surface area contributed by atoms with Crippen molar-refractivity contribution in [1.29, 1.82) is 0 Å². The summed E-state index contributed by atoms with van der Waals surface area (Å²) < 4.78 is 0. The van der Waals surface area contributed by atoms with E-state index in [1.807, 2.05) is 0 Å². The van der Waals surface area contributed by atoms with E-state index in [-0.39, 0.29) is 11.6 Å². The van der Waals surface area contributed by atoms with Gasteiger partial charge in [0, 0.05) is 6.42 Å². The molecular weight excluding hydrogens is 74.9 g/mol. The molecule has 0 bridgehead atoms. The first-order valence-corrected chi connectivity index (χ1v) is 2.09. The molecule has 1 rings (SSSR count). The molecule has 30 valence electrons. The molecule has 0 spiro atoms. The van der Waals surface area contributed by atoms with Crippen molar-refractivity contribution >= 4 is 13.6 Å². The molecule has 2 heteroatoms. The summed E-state index contributed by atoms with van der Waals surface area (Å²) in [5, 5.41) is 0. The number of hydrogen-bond acceptors (Lipinski definition) is 1. The summed E-state index contributed by atoms with van der Waals surface area (Å²) in [6, 6.07) is 0. The lowest BCUT2D eigenvalue weighted by molar-refractivity contribution is -0.123. The van der Waals surface area contributed by atoms with Crippen molar-refractivity contribution < 1.29 is 4.79 Å². The summed E-state index contributed by atoms with van der Waals surface area (Å²) in [6.07, 6.45) is 1.61. The maximum absolute atomic E-state index is 10.1. The van der Waals surface area contributed by atoms with Crippen LogP contribution in [0.3, 0.4) is 0 Å². The fourth-order valence-corrected chi connectivity index (χ4v) is 0.429. The van der Waals surface area contributed by atoms with Gasteiger partial charge >= 0.3 is 0 Å². The zero-order valence-electron chi connectivity index (χ0n) is 3.48. The van der Waals surface area contributed by atoms with Crippen LogP contribution in [0, 0.1) is 0 Å². The van der Waals surface area contributed by atoms with Crippen molar-refractivity contribution in [2.24, 2.45) is 0 Å². The van der Waals surface area contributed by atoms with Gasteiger partial charge in [0.25, 0.3) is 0 Å². The summed E-state index contributed by atoms with van der Waals surface area (Å²) in [6.45, 7) is 0. The molecule has 1 aliphatic rings. The molecule has 0 aromatic heterocycles. The third-order valence-corrected chi connectivity index (χ3v) is 1.12. The minimum Gasteiger partial charge on any atom is -0.300 e. The van der Waals surface area contributed by atoms with Gasteiger partial charge in [0.2, 0.25) is 0 Å². The standard InChI is InChI=1S/C4H5BO/c5-3-1-2-4(3)6/h3H,1-2H2. The highest BCUT2D eigenvalue weighted by molar-refractivity contribution is 6.26. The number of ketones is 1. The highest BCUT2D eigenvalue weighted by atomic mass is 16.1. The van der Waals surface area contributed by atoms with E-state index in [4.69, 9.17) is 7.85 Å². The minimum atomic E-state index is -0.106. The maximum Gasteiger partial charge on any atom is 0.127 e. The molecule has 1 unspecified atom stereocenters. The molecule has 1 nitrogen and oxygen atoms in total. The van der Waals surface area contributed by atoms with Crippen LogP contribution in [-0.2, 0) is 4.79 Å². The topological polar surface area (TPSA) is 17.1 Å². The van der Waals surface area contributed by atoms with Gasteiger partial charge < -0.3 is 4.79 Å². The third kappa shape index (κ3) is 0.366. The molecular formula is C4H5BO. The zero-order chi connectivity index (χ0) is 4.57. The Hall–Kier alpha value is -0.265. The Labute approximate surface area is 38.1 Å². The minimum absolute atomic E-state index is 0.106. The zero-order valence-corrected chi connectivity index (χ0v) is 3.48. The van der Waals surface area contributed by atoms with Gasteiger partial charge in [-0.2, -0.15) is 0 Å². The summed E-state index contributed by atoms with van der Waals surface area (Å²) in [5.41, 5.74) is 0. The summed E-state index contributed by atoms with van der Waals surface area (Å²) in [4.78, 5) is 10.1. The maximum atomic E-state index is 10.1. The normalized spacial score (nSPS) is 32.7. The third-order valence-electron chi connectivity index (χ3n) is 1.12. The number of Topliss-reactive ketones (excluding diaryl/α,β-unsaturated/α-hetero) is 1. The number of hydrogen-bond donors (Lipinski definition) is 0. The first kappa shape index (κ1) is 3.91. The van der Waals surface area contributed by atoms with Crippen LogP contribution >= 0.6 is 0 Å². The molecule has 1 saturated carbocycles. The highest BCUT2D eigenvalue weighted by Crippen LogP contribution is 2.23. The second kappa shape index (κ2) is 1.10. The predicted octanol–water partition coefficient (Wildman–Crippen LogP) is 0.306. The first-order chi connectivity index (χ1) is 2.80. The van der Waals surface area contributed by atoms with Crippen molar-refractivity contribution in [3.05, 3.63) is 0 Å². The van der Waals surface area contributed by atoms with Crippen molar-refractivity contribution in [3.8, 4) is 0 Å². The van der Waals surface area contributed by atoms with E-state index in [9.17, 15) is 4.79 Å². The van der Waals surface area contributed by atoms with E-state index in [0.29, 0.717) is 6.42 Å². The Morgan fingerprint density at radius 3 is 2.33 bits per heavy atom. The molecule has 0 aromatic rings. The molecule has 1 fully saturated rings. The average molecular weight is 79.9 g/mol. The summed E-state index contributed by atoms with van der Waals surface area (Å²) >= 11 is 0. The Bertz CT molecular complexity index is 79.6. The Morgan fingerprint density at radius 2 is 2.33 bits per heavy atom. The molecule has 6 heavy (non-hydrogen) atoms. The smallest absolute Gasteiger partial charge is 0.127 e. The fraction of sp³-hybridized carbons (Fsp3) is 0.750. The van der Waals surface area contributed by atoms with E-state index in [2.05, 4.69) is 0 Å². The SMILES string of the molecule is [B]C1CCC1=O. The Kier molecular flexibility index (Phi) is 0.719. The van der Waals surface area contributed by atoms with Crippen LogP contribution in [0.15, 0.2) is 0 Å². The molecule has 1 aliphatic carbocycles. The average Bonchev–Trinajstić information content (AvgIpc) is 1.61. The lowest BCUT2D eigenvalue weighted by Crippen LogP contribution is -2.19. The van der Waals surface area contributed by atoms with Crippen LogP contribution in [0.2, 0.25) is 5.82 Å². The van der Waals surface area contributed by atoms with Crippen LogP contribution in [0.25, 0.3) is 0 Å². The molecule has 0 aliphatic heterocycles. The van der Waals surface area contributed by atoms with E-state index < -0.39 is 0 Å². The molecule has 2 radical (unpaired) electrons. The highest BCUT2D eigenvalue weighted by Gasteiger charge is 2.21. The molecule has 0 aromatic carbocycles. The summed E-state index contributed by atoms with van der Waals surface area (Å²) in [5.74, 6) is 0.111. The van der Waals surface area contributed by atoms with Crippen molar-refractivity contribution in [2.45, 2.75) is 18.7 Å². The molecule has 0 N–H and O–H groups in total. The quantitative estimate of drug-likeness (QED) is 0.382. The van der Waals surface area contributed by atoms with Gasteiger partial charge in [-0.15, -0.1) is 0 Å². The van der Waals surface area contributed by atoms with Gasteiger partial charge in [0.15, 0.2) is 0 Å². The largest absolute Gasteiger partial charge is 0.300 e. The van der Waals surface area contributed by atoms with Crippen LogP contribution in [0.1, 0.15) is 12.8 Å². The lowest BCUT2D eigenvalue weighted by Gasteiger charge is -2.18. The summed E-state index contributed by atoms with van der Waals surface area (Å²) in [7, 11) is 5.17. The van der Waals surface area contributed by atoms with Gasteiger partial charge in [0.05, 0.1) is 7.85 Å². The van der Waals surface area contributed by atoms with Crippen LogP contribution < -0.4 is 0 Å². The Balaban J connectivity index is 2.39. The monoisotopic (exact) mass is 80.0 g/mol. The first-order valence-electron chi connectivity index (χ1n) is 2.09. The van der Waals surface area contributed by atoms with Crippen molar-refractivity contribution in [3.63, 3.8) is 0 Å². The second-order valence-corrected chi connectivity index (χ2v) is 1.61. The van der Waals surface area contributed by atoms with Crippen LogP contribution in [-0.4, -0.2) is 13.6 Å².